The molecule has 1 aliphatic heterocycles. The second-order valence-corrected chi connectivity index (χ2v) is 8.57. The summed E-state index contributed by atoms with van der Waals surface area (Å²) in [6, 6.07) is 23.4. The fraction of sp³-hybridized carbons (Fsp3) is 0.286. The number of methoxy groups -OCH3 is 2. The Balaban J connectivity index is 1.34. The van der Waals surface area contributed by atoms with Crippen LogP contribution < -0.4 is 19.1 Å². The van der Waals surface area contributed by atoms with E-state index < -0.39 is 0 Å². The van der Waals surface area contributed by atoms with Crippen molar-refractivity contribution >= 4 is 22.6 Å². The van der Waals surface area contributed by atoms with E-state index in [9.17, 15) is 4.79 Å². The molecule has 1 saturated heterocycles. The molecule has 0 radical (unpaired) electrons. The van der Waals surface area contributed by atoms with Crippen LogP contribution in [0.4, 0.5) is 5.69 Å². The average molecular weight is 472 g/mol. The van der Waals surface area contributed by atoms with Gasteiger partial charge in [0.05, 0.1) is 31.9 Å². The number of carbonyl (C=O) groups excluding carboxylic acids is 1. The smallest absolute Gasteiger partial charge is 0.227 e. The summed E-state index contributed by atoms with van der Waals surface area (Å²) in [6.45, 7) is 1.88. The number of aromatic nitrogens is 2. The molecule has 1 fully saturated rings. The van der Waals surface area contributed by atoms with Gasteiger partial charge in [-0.3, -0.25) is 4.79 Å². The average Bonchev–Trinajstić information content (AvgIpc) is 3.47. The molecule has 2 heterocycles. The summed E-state index contributed by atoms with van der Waals surface area (Å²) in [5, 5.41) is 0. The molecule has 0 unspecified atom stereocenters. The summed E-state index contributed by atoms with van der Waals surface area (Å²) in [5.41, 5.74) is 2.87. The summed E-state index contributed by atoms with van der Waals surface area (Å²) in [7, 11) is 3.28. The van der Waals surface area contributed by atoms with Crippen LogP contribution in [-0.2, 0) is 11.3 Å². The number of amides is 1. The van der Waals surface area contributed by atoms with Gasteiger partial charge in [-0.1, -0.05) is 30.3 Å². The number of aryl methyl sites for hydroxylation is 1. The topological polar surface area (TPSA) is 65.8 Å². The zero-order valence-corrected chi connectivity index (χ0v) is 20.0. The van der Waals surface area contributed by atoms with Crippen LogP contribution in [0.1, 0.15) is 24.6 Å². The third-order valence-corrected chi connectivity index (χ3v) is 6.39. The Morgan fingerprint density at radius 1 is 0.943 bits per heavy atom. The lowest BCUT2D eigenvalue weighted by atomic mass is 10.1. The van der Waals surface area contributed by atoms with Crippen LogP contribution in [0.5, 0.6) is 17.2 Å². The third kappa shape index (κ3) is 4.67. The maximum absolute atomic E-state index is 13.0. The van der Waals surface area contributed by atoms with Crippen molar-refractivity contribution in [1.29, 1.82) is 0 Å². The lowest BCUT2D eigenvalue weighted by Gasteiger charge is -2.18. The number of benzene rings is 3. The van der Waals surface area contributed by atoms with Crippen LogP contribution in [-0.4, -0.2) is 42.8 Å². The molecule has 7 nitrogen and oxygen atoms in total. The summed E-state index contributed by atoms with van der Waals surface area (Å²) >= 11 is 0. The van der Waals surface area contributed by atoms with E-state index in [1.807, 2.05) is 71.6 Å². The normalized spacial score (nSPS) is 15.5. The van der Waals surface area contributed by atoms with Crippen LogP contribution in [0, 0.1) is 0 Å². The molecule has 1 aliphatic rings. The summed E-state index contributed by atoms with van der Waals surface area (Å²) in [6.07, 6.45) is 1.23. The molecule has 1 amide bonds. The molecule has 3 aromatic carbocycles. The van der Waals surface area contributed by atoms with Gasteiger partial charge in [0.15, 0.2) is 11.5 Å². The number of anilines is 1. The highest BCUT2D eigenvalue weighted by molar-refractivity contribution is 5.96. The molecule has 180 valence electrons. The third-order valence-electron chi connectivity index (χ3n) is 6.39. The monoisotopic (exact) mass is 471 g/mol. The van der Waals surface area contributed by atoms with Crippen LogP contribution in [0.2, 0.25) is 0 Å². The molecule has 5 rings (SSSR count). The van der Waals surface area contributed by atoms with Gasteiger partial charge < -0.3 is 23.7 Å². The van der Waals surface area contributed by atoms with Gasteiger partial charge in [-0.05, 0) is 42.8 Å². The predicted octanol–water partition coefficient (Wildman–Crippen LogP) is 5.04. The van der Waals surface area contributed by atoms with Crippen molar-refractivity contribution in [2.45, 2.75) is 25.3 Å². The molecular formula is C28H29N3O4. The van der Waals surface area contributed by atoms with E-state index in [0.717, 1.165) is 52.8 Å². The van der Waals surface area contributed by atoms with Gasteiger partial charge in [-0.25, -0.2) is 4.98 Å². The zero-order valence-electron chi connectivity index (χ0n) is 20.0. The van der Waals surface area contributed by atoms with E-state index >= 15 is 0 Å². The van der Waals surface area contributed by atoms with Crippen LogP contribution >= 0.6 is 0 Å². The first-order valence-electron chi connectivity index (χ1n) is 11.8. The van der Waals surface area contributed by atoms with E-state index in [1.54, 1.807) is 14.2 Å². The second kappa shape index (κ2) is 10.1. The fourth-order valence-corrected chi connectivity index (χ4v) is 4.69. The molecule has 35 heavy (non-hydrogen) atoms. The molecular weight excluding hydrogens is 442 g/mol. The predicted molar refractivity (Wildman–Crippen MR) is 136 cm³/mol. The van der Waals surface area contributed by atoms with Crippen LogP contribution in [0.25, 0.3) is 11.0 Å². The van der Waals surface area contributed by atoms with E-state index in [2.05, 4.69) is 10.6 Å². The maximum Gasteiger partial charge on any atom is 0.227 e. The lowest BCUT2D eigenvalue weighted by molar-refractivity contribution is -0.117. The van der Waals surface area contributed by atoms with Gasteiger partial charge in [0.25, 0.3) is 0 Å². The largest absolute Gasteiger partial charge is 0.497 e. The standard InChI is InChI=1S/C28H29N3O4/c1-33-22-10-7-9-21(18-22)31-19-20(17-27(31)32)28-29-23-11-3-4-12-24(23)30(28)15-8-16-35-26-14-6-5-13-25(26)34-2/h3-7,9-14,18,20H,8,15-17,19H2,1-2H3/t20-/m1/s1. The van der Waals surface area contributed by atoms with Crippen molar-refractivity contribution in [3.05, 3.63) is 78.6 Å². The number of rotatable bonds is 9. The molecule has 7 heteroatoms. The Morgan fingerprint density at radius 2 is 1.74 bits per heavy atom. The first-order valence-corrected chi connectivity index (χ1v) is 11.8. The van der Waals surface area contributed by atoms with Gasteiger partial charge in [0.1, 0.15) is 11.6 Å². The Kier molecular flexibility index (Phi) is 6.57. The molecule has 0 aliphatic carbocycles. The van der Waals surface area contributed by atoms with Gasteiger partial charge in [-0.15, -0.1) is 0 Å². The SMILES string of the molecule is COc1cccc(N2C[C@H](c3nc4ccccc4n3CCCOc3ccccc3OC)CC2=O)c1. The highest BCUT2D eigenvalue weighted by Gasteiger charge is 2.35. The number of hydrogen-bond donors (Lipinski definition) is 0. The van der Waals surface area contributed by atoms with Gasteiger partial charge in [-0.2, -0.15) is 0 Å². The Bertz CT molecular complexity index is 1330. The number of nitrogens with zero attached hydrogens (tertiary/aromatic N) is 3. The summed E-state index contributed by atoms with van der Waals surface area (Å²) in [5.74, 6) is 3.25. The first kappa shape index (κ1) is 22.8. The summed E-state index contributed by atoms with van der Waals surface area (Å²) < 4.78 is 19.0. The highest BCUT2D eigenvalue weighted by Crippen LogP contribution is 2.34. The molecule has 1 atom stereocenters. The minimum absolute atomic E-state index is 0.0104. The lowest BCUT2D eigenvalue weighted by Crippen LogP contribution is -2.24. The van der Waals surface area contributed by atoms with Crippen molar-refractivity contribution < 1.29 is 19.0 Å². The van der Waals surface area contributed by atoms with Gasteiger partial charge >= 0.3 is 0 Å². The Morgan fingerprint density at radius 3 is 2.57 bits per heavy atom. The second-order valence-electron chi connectivity index (χ2n) is 8.57. The minimum Gasteiger partial charge on any atom is -0.497 e. The molecule has 0 saturated carbocycles. The molecule has 1 aromatic heterocycles. The highest BCUT2D eigenvalue weighted by atomic mass is 16.5. The van der Waals surface area contributed by atoms with Crippen molar-refractivity contribution in [1.82, 2.24) is 9.55 Å². The van der Waals surface area contributed by atoms with Crippen molar-refractivity contribution in [3.63, 3.8) is 0 Å². The zero-order chi connectivity index (χ0) is 24.2. The number of para-hydroxylation sites is 4. The van der Waals surface area contributed by atoms with Crippen molar-refractivity contribution in [2.24, 2.45) is 0 Å². The maximum atomic E-state index is 13.0. The van der Waals surface area contributed by atoms with E-state index in [1.165, 1.54) is 0 Å². The van der Waals surface area contributed by atoms with E-state index in [4.69, 9.17) is 19.2 Å². The molecule has 4 aromatic rings. The first-order chi connectivity index (χ1) is 17.2. The number of hydrogen-bond acceptors (Lipinski definition) is 5. The molecule has 0 N–H and O–H groups in total. The number of fused-ring (bicyclic) bond motifs is 1. The van der Waals surface area contributed by atoms with Crippen molar-refractivity contribution in [2.75, 3.05) is 32.3 Å². The van der Waals surface area contributed by atoms with E-state index in [-0.39, 0.29) is 11.8 Å². The quantitative estimate of drug-likeness (QED) is 0.320. The van der Waals surface area contributed by atoms with Crippen molar-refractivity contribution in [3.8, 4) is 17.2 Å². The van der Waals surface area contributed by atoms with Gasteiger partial charge in [0.2, 0.25) is 5.91 Å². The fourth-order valence-electron chi connectivity index (χ4n) is 4.69. The Hall–Kier alpha value is -4.00. The van der Waals surface area contributed by atoms with E-state index in [0.29, 0.717) is 19.6 Å². The number of carbonyl (C=O) groups is 1. The number of ether oxygens (including phenoxy) is 3. The van der Waals surface area contributed by atoms with Crippen LogP contribution in [0.3, 0.4) is 0 Å². The number of imidazole rings is 1. The molecule has 0 bridgehead atoms. The van der Waals surface area contributed by atoms with Gasteiger partial charge in [0, 0.05) is 37.2 Å². The minimum atomic E-state index is 0.0104. The van der Waals surface area contributed by atoms with Crippen LogP contribution in [0.15, 0.2) is 72.8 Å². The molecule has 0 spiro atoms. The Labute approximate surface area is 204 Å². The summed E-state index contributed by atoms with van der Waals surface area (Å²) in [4.78, 5) is 19.8.